The molecular weight excluding hydrogens is 249 g/mol. The minimum Gasteiger partial charge on any atom is -0.480 e. The van der Waals surface area contributed by atoms with E-state index in [1.807, 2.05) is 0 Å². The molecule has 10 heteroatoms. The van der Waals surface area contributed by atoms with E-state index in [9.17, 15) is 22.8 Å². The molecule has 0 aromatic rings. The van der Waals surface area contributed by atoms with Crippen LogP contribution in [0.4, 0.5) is 13.2 Å². The smallest absolute Gasteiger partial charge is 0.480 e. The van der Waals surface area contributed by atoms with Crippen molar-refractivity contribution in [3.63, 3.8) is 0 Å². The molecule has 0 spiro atoms. The van der Waals surface area contributed by atoms with Crippen molar-refractivity contribution in [2.45, 2.75) is 25.1 Å². The number of primary amides is 1. The lowest BCUT2D eigenvalue weighted by Gasteiger charge is -2.01. The maximum atomic E-state index is 10.6. The molecule has 1 unspecified atom stereocenters. The predicted molar refractivity (Wildman–Crippen MR) is 47.7 cm³/mol. The largest absolute Gasteiger partial charge is 0.490 e. The fraction of sp³-hybridized carbons (Fsp3) is 0.571. The van der Waals surface area contributed by atoms with Gasteiger partial charge >= 0.3 is 18.1 Å². The molecule has 100 valence electrons. The molecule has 0 fully saturated rings. The van der Waals surface area contributed by atoms with Gasteiger partial charge in [-0.2, -0.15) is 13.2 Å². The van der Waals surface area contributed by atoms with E-state index >= 15 is 0 Å². The van der Waals surface area contributed by atoms with Crippen molar-refractivity contribution in [2.24, 2.45) is 11.5 Å². The fourth-order valence-corrected chi connectivity index (χ4v) is 0.421. The second kappa shape index (κ2) is 7.44. The number of rotatable bonds is 4. The number of carbonyl (C=O) groups excluding carboxylic acids is 1. The highest BCUT2D eigenvalue weighted by Gasteiger charge is 2.38. The Morgan fingerprint density at radius 2 is 1.53 bits per heavy atom. The summed E-state index contributed by atoms with van der Waals surface area (Å²) in [5.74, 6) is -4.40. The number of hydrogen-bond acceptors (Lipinski definition) is 4. The third kappa shape index (κ3) is 12.1. The summed E-state index contributed by atoms with van der Waals surface area (Å²) in [5, 5.41) is 15.3. The van der Waals surface area contributed by atoms with Crippen LogP contribution in [0, 0.1) is 0 Å². The molecule has 0 aliphatic rings. The van der Waals surface area contributed by atoms with Crippen molar-refractivity contribution in [2.75, 3.05) is 0 Å². The zero-order chi connectivity index (χ0) is 14.2. The minimum absolute atomic E-state index is 0.0213. The zero-order valence-corrected chi connectivity index (χ0v) is 8.40. The molecule has 0 aliphatic carbocycles. The van der Waals surface area contributed by atoms with Crippen molar-refractivity contribution in [3.8, 4) is 0 Å². The molecule has 6 N–H and O–H groups in total. The van der Waals surface area contributed by atoms with Gasteiger partial charge < -0.3 is 21.7 Å². The number of nitrogens with two attached hydrogens (primary N) is 2. The Labute approximate surface area is 93.2 Å². The third-order valence-electron chi connectivity index (χ3n) is 1.26. The Bertz CT molecular complexity index is 292. The lowest BCUT2D eigenvalue weighted by molar-refractivity contribution is -0.192. The first-order valence-electron chi connectivity index (χ1n) is 4.05. The summed E-state index contributed by atoms with van der Waals surface area (Å²) in [7, 11) is 0. The average molecular weight is 260 g/mol. The molecule has 1 atom stereocenters. The predicted octanol–water partition coefficient (Wildman–Crippen LogP) is -0.703. The number of amides is 1. The molecule has 0 saturated heterocycles. The van der Waals surface area contributed by atoms with Crippen LogP contribution in [-0.2, 0) is 14.4 Å². The Balaban J connectivity index is 0. The van der Waals surface area contributed by atoms with Crippen molar-refractivity contribution >= 4 is 17.8 Å². The monoisotopic (exact) mass is 260 g/mol. The summed E-state index contributed by atoms with van der Waals surface area (Å²) in [6, 6.07) is -0.979. The van der Waals surface area contributed by atoms with E-state index in [1.165, 1.54) is 0 Å². The van der Waals surface area contributed by atoms with Gasteiger partial charge in [0.15, 0.2) is 0 Å². The van der Waals surface area contributed by atoms with E-state index in [-0.39, 0.29) is 12.8 Å². The standard InChI is InChI=1S/C5H10N2O3.C2HF3O2/c6-3(5(9)10)1-2-4(7)8;3-2(4,5)1(6)7/h3H,1-2,6H2,(H2,7,8)(H,9,10);(H,6,7). The first-order valence-corrected chi connectivity index (χ1v) is 4.05. The molecule has 0 aromatic carbocycles. The highest BCUT2D eigenvalue weighted by atomic mass is 19.4. The number of halogens is 3. The van der Waals surface area contributed by atoms with E-state index < -0.39 is 30.1 Å². The van der Waals surface area contributed by atoms with Crippen LogP contribution in [0.1, 0.15) is 12.8 Å². The number of carbonyl (C=O) groups is 3. The van der Waals surface area contributed by atoms with Crippen LogP contribution in [0.2, 0.25) is 0 Å². The average Bonchev–Trinajstić information content (AvgIpc) is 2.13. The van der Waals surface area contributed by atoms with Crippen molar-refractivity contribution in [1.82, 2.24) is 0 Å². The van der Waals surface area contributed by atoms with Gasteiger partial charge in [-0.15, -0.1) is 0 Å². The van der Waals surface area contributed by atoms with Crippen LogP contribution >= 0.6 is 0 Å². The van der Waals surface area contributed by atoms with Crippen LogP contribution in [0.3, 0.4) is 0 Å². The van der Waals surface area contributed by atoms with Crippen LogP contribution < -0.4 is 11.5 Å². The number of aliphatic carboxylic acids is 2. The Morgan fingerprint density at radius 1 is 1.18 bits per heavy atom. The first kappa shape index (κ1) is 17.6. The summed E-state index contributed by atoms with van der Waals surface area (Å²) >= 11 is 0. The molecule has 0 rings (SSSR count). The summed E-state index contributed by atoms with van der Waals surface area (Å²) in [4.78, 5) is 29.0. The van der Waals surface area contributed by atoms with Crippen molar-refractivity contribution < 1.29 is 37.8 Å². The second-order valence-electron chi connectivity index (χ2n) is 2.75. The topological polar surface area (TPSA) is 144 Å². The van der Waals surface area contributed by atoms with Gasteiger partial charge in [-0.3, -0.25) is 9.59 Å². The summed E-state index contributed by atoms with van der Waals surface area (Å²) in [6.45, 7) is 0. The van der Waals surface area contributed by atoms with Crippen LogP contribution in [0.5, 0.6) is 0 Å². The number of alkyl halides is 3. The van der Waals surface area contributed by atoms with E-state index in [0.717, 1.165) is 0 Å². The number of carboxylic acids is 2. The fourth-order valence-electron chi connectivity index (χ4n) is 0.421. The normalized spacial score (nSPS) is 12.0. The highest BCUT2D eigenvalue weighted by Crippen LogP contribution is 2.13. The maximum absolute atomic E-state index is 10.6. The molecule has 0 heterocycles. The van der Waals surface area contributed by atoms with Gasteiger partial charge in [-0.05, 0) is 6.42 Å². The van der Waals surface area contributed by atoms with Gasteiger partial charge in [-0.25, -0.2) is 4.79 Å². The highest BCUT2D eigenvalue weighted by molar-refractivity contribution is 5.77. The summed E-state index contributed by atoms with van der Waals surface area (Å²) < 4.78 is 31.7. The lowest BCUT2D eigenvalue weighted by Crippen LogP contribution is -2.31. The summed E-state index contributed by atoms with van der Waals surface area (Å²) in [6.07, 6.45) is -4.96. The van der Waals surface area contributed by atoms with Gasteiger partial charge in [0.05, 0.1) is 0 Å². The Hall–Kier alpha value is -1.84. The van der Waals surface area contributed by atoms with Gasteiger partial charge in [0.1, 0.15) is 6.04 Å². The van der Waals surface area contributed by atoms with Gasteiger partial charge in [0.2, 0.25) is 5.91 Å². The van der Waals surface area contributed by atoms with E-state index in [0.29, 0.717) is 0 Å². The minimum atomic E-state index is -5.08. The quantitative estimate of drug-likeness (QED) is 0.526. The maximum Gasteiger partial charge on any atom is 0.490 e. The Kier molecular flexibility index (Phi) is 7.68. The molecule has 0 aliphatic heterocycles. The van der Waals surface area contributed by atoms with E-state index in [4.69, 9.17) is 26.5 Å². The molecular formula is C7H11F3N2O5. The molecule has 0 saturated carbocycles. The molecule has 7 nitrogen and oxygen atoms in total. The molecule has 17 heavy (non-hydrogen) atoms. The van der Waals surface area contributed by atoms with Crippen LogP contribution in [0.25, 0.3) is 0 Å². The van der Waals surface area contributed by atoms with Crippen LogP contribution in [-0.4, -0.2) is 40.3 Å². The SMILES string of the molecule is NC(=O)CCC(N)C(=O)O.O=C(O)C(F)(F)F. The molecule has 0 radical (unpaired) electrons. The van der Waals surface area contributed by atoms with Crippen molar-refractivity contribution in [3.05, 3.63) is 0 Å². The van der Waals surface area contributed by atoms with Gasteiger partial charge in [-0.1, -0.05) is 0 Å². The third-order valence-corrected chi connectivity index (χ3v) is 1.26. The summed E-state index contributed by atoms with van der Waals surface area (Å²) in [5.41, 5.74) is 9.81. The first-order chi connectivity index (χ1) is 7.48. The van der Waals surface area contributed by atoms with Gasteiger partial charge in [0, 0.05) is 6.42 Å². The Morgan fingerprint density at radius 3 is 1.71 bits per heavy atom. The van der Waals surface area contributed by atoms with E-state index in [1.54, 1.807) is 0 Å². The zero-order valence-electron chi connectivity index (χ0n) is 8.40. The second-order valence-corrected chi connectivity index (χ2v) is 2.75. The number of hydrogen-bond donors (Lipinski definition) is 4. The molecule has 0 bridgehead atoms. The lowest BCUT2D eigenvalue weighted by atomic mass is 10.2. The van der Waals surface area contributed by atoms with Crippen LogP contribution in [0.15, 0.2) is 0 Å². The van der Waals surface area contributed by atoms with E-state index in [2.05, 4.69) is 0 Å². The van der Waals surface area contributed by atoms with Crippen molar-refractivity contribution in [1.29, 1.82) is 0 Å². The van der Waals surface area contributed by atoms with Gasteiger partial charge in [0.25, 0.3) is 0 Å². The molecule has 1 amide bonds. The number of carboxylic acid groups (broad SMARTS) is 2. The molecule has 0 aromatic heterocycles.